The maximum atomic E-state index is 12.3. The number of carbonyl (C=O) groups is 2. The molecule has 2 aromatic rings. The average molecular weight is 379 g/mol. The van der Waals surface area contributed by atoms with Crippen molar-refractivity contribution in [1.82, 2.24) is 0 Å². The van der Waals surface area contributed by atoms with Crippen LogP contribution in [0, 0.1) is 0 Å². The number of ether oxygens (including phenoxy) is 4. The number of benzene rings is 2. The topological polar surface area (TPSA) is 71.1 Å². The van der Waals surface area contributed by atoms with E-state index in [1.165, 1.54) is 21.1 Å². The molecular weight excluding hydrogens is 360 g/mol. The molecule has 0 saturated carbocycles. The zero-order chi connectivity index (χ0) is 19.1. The van der Waals surface area contributed by atoms with Crippen LogP contribution in [-0.4, -0.2) is 38.7 Å². The first-order valence-corrected chi connectivity index (χ1v) is 8.16. The zero-order valence-electron chi connectivity index (χ0n) is 14.7. The van der Waals surface area contributed by atoms with E-state index >= 15 is 0 Å². The number of esters is 1. The standard InChI is InChI=1S/C19H19ClO6/c1-12(26-14-6-4-13(20)5-7-14)19(22)25-11-17(21)16-9-8-15(23-2)10-18(16)24-3/h4-10,12H,11H2,1-3H3/t12-/m1/s1. The molecule has 0 aromatic heterocycles. The summed E-state index contributed by atoms with van der Waals surface area (Å²) in [6, 6.07) is 11.3. The Morgan fingerprint density at radius 2 is 1.65 bits per heavy atom. The third-order valence-electron chi connectivity index (χ3n) is 3.51. The second-order valence-corrected chi connectivity index (χ2v) is 5.75. The third kappa shape index (κ3) is 5.13. The number of methoxy groups -OCH3 is 2. The Bertz CT molecular complexity index is 772. The van der Waals surface area contributed by atoms with Gasteiger partial charge in [-0.25, -0.2) is 4.79 Å². The summed E-state index contributed by atoms with van der Waals surface area (Å²) in [5.41, 5.74) is 0.298. The van der Waals surface area contributed by atoms with E-state index in [1.807, 2.05) is 0 Å². The molecule has 138 valence electrons. The Kier molecular flexibility index (Phi) is 6.86. The van der Waals surface area contributed by atoms with Crippen molar-refractivity contribution in [2.24, 2.45) is 0 Å². The summed E-state index contributed by atoms with van der Waals surface area (Å²) in [4.78, 5) is 24.3. The highest BCUT2D eigenvalue weighted by Gasteiger charge is 2.20. The van der Waals surface area contributed by atoms with Crippen LogP contribution in [0.15, 0.2) is 42.5 Å². The Hall–Kier alpha value is -2.73. The van der Waals surface area contributed by atoms with E-state index in [0.29, 0.717) is 27.8 Å². The van der Waals surface area contributed by atoms with Gasteiger partial charge >= 0.3 is 5.97 Å². The molecule has 1 atom stereocenters. The molecule has 0 aliphatic heterocycles. The largest absolute Gasteiger partial charge is 0.497 e. The van der Waals surface area contributed by atoms with Gasteiger partial charge in [0, 0.05) is 11.1 Å². The SMILES string of the molecule is COc1ccc(C(=O)COC(=O)[C@@H](C)Oc2ccc(Cl)cc2)c(OC)c1. The molecule has 7 heteroatoms. The second kappa shape index (κ2) is 9.10. The van der Waals surface area contributed by atoms with Crippen LogP contribution in [0.2, 0.25) is 5.02 Å². The minimum atomic E-state index is -0.873. The van der Waals surface area contributed by atoms with E-state index in [0.717, 1.165) is 0 Å². The lowest BCUT2D eigenvalue weighted by atomic mass is 10.1. The molecule has 0 N–H and O–H groups in total. The summed E-state index contributed by atoms with van der Waals surface area (Å²) in [6.45, 7) is 1.12. The first kappa shape index (κ1) is 19.6. The number of carbonyl (C=O) groups excluding carboxylic acids is 2. The van der Waals surface area contributed by atoms with E-state index in [-0.39, 0.29) is 0 Å². The summed E-state index contributed by atoms with van der Waals surface area (Å²) in [5, 5.41) is 0.562. The molecule has 6 nitrogen and oxygen atoms in total. The number of Topliss-reactive ketones (excluding diaryl/α,β-unsaturated/α-hetero) is 1. The highest BCUT2D eigenvalue weighted by atomic mass is 35.5. The first-order valence-electron chi connectivity index (χ1n) is 7.78. The maximum absolute atomic E-state index is 12.3. The van der Waals surface area contributed by atoms with Crippen molar-refractivity contribution < 1.29 is 28.5 Å². The molecule has 0 spiro atoms. The fraction of sp³-hybridized carbons (Fsp3) is 0.263. The van der Waals surface area contributed by atoms with Gasteiger partial charge in [-0.3, -0.25) is 4.79 Å². The Morgan fingerprint density at radius 1 is 1.00 bits per heavy atom. The maximum Gasteiger partial charge on any atom is 0.347 e. The minimum Gasteiger partial charge on any atom is -0.497 e. The summed E-state index contributed by atoms with van der Waals surface area (Å²) in [6.07, 6.45) is -0.873. The molecular formula is C19H19ClO6. The Balaban J connectivity index is 1.93. The number of rotatable bonds is 8. The molecule has 0 fully saturated rings. The van der Waals surface area contributed by atoms with Crippen molar-refractivity contribution in [2.75, 3.05) is 20.8 Å². The molecule has 0 amide bonds. The lowest BCUT2D eigenvalue weighted by molar-refractivity contribution is -0.149. The van der Waals surface area contributed by atoms with Crippen LogP contribution in [0.5, 0.6) is 17.2 Å². The molecule has 0 bridgehead atoms. The minimum absolute atomic E-state index is 0.298. The summed E-state index contributed by atoms with van der Waals surface area (Å²) >= 11 is 5.79. The number of ketones is 1. The van der Waals surface area contributed by atoms with Gasteiger partial charge in [-0.15, -0.1) is 0 Å². The summed E-state index contributed by atoms with van der Waals surface area (Å²) in [7, 11) is 2.96. The van der Waals surface area contributed by atoms with E-state index in [9.17, 15) is 9.59 Å². The quantitative estimate of drug-likeness (QED) is 0.516. The highest BCUT2D eigenvalue weighted by molar-refractivity contribution is 6.30. The van der Waals surface area contributed by atoms with Crippen LogP contribution in [0.3, 0.4) is 0 Å². The first-order chi connectivity index (χ1) is 12.4. The molecule has 26 heavy (non-hydrogen) atoms. The van der Waals surface area contributed by atoms with Gasteiger partial charge in [0.2, 0.25) is 5.78 Å². The fourth-order valence-electron chi connectivity index (χ4n) is 2.13. The van der Waals surface area contributed by atoms with Crippen LogP contribution in [0.1, 0.15) is 17.3 Å². The molecule has 2 aromatic carbocycles. The van der Waals surface area contributed by atoms with Gasteiger partial charge < -0.3 is 18.9 Å². The molecule has 0 radical (unpaired) electrons. The van der Waals surface area contributed by atoms with Crippen molar-refractivity contribution in [1.29, 1.82) is 0 Å². The average Bonchev–Trinajstić information content (AvgIpc) is 2.66. The van der Waals surface area contributed by atoms with E-state index in [1.54, 1.807) is 42.5 Å². The number of halogens is 1. The Labute approximate surface area is 156 Å². The van der Waals surface area contributed by atoms with Crippen molar-refractivity contribution in [3.63, 3.8) is 0 Å². The van der Waals surface area contributed by atoms with Crippen LogP contribution >= 0.6 is 11.6 Å². The van der Waals surface area contributed by atoms with Gasteiger partial charge in [-0.2, -0.15) is 0 Å². The Morgan fingerprint density at radius 3 is 2.27 bits per heavy atom. The monoisotopic (exact) mass is 378 g/mol. The molecule has 0 saturated heterocycles. The van der Waals surface area contributed by atoms with Crippen molar-refractivity contribution in [3.05, 3.63) is 53.1 Å². The zero-order valence-corrected chi connectivity index (χ0v) is 15.4. The summed E-state index contributed by atoms with van der Waals surface area (Å²) in [5.74, 6) is 0.329. The molecule has 0 aliphatic carbocycles. The van der Waals surface area contributed by atoms with Gasteiger partial charge in [0.25, 0.3) is 0 Å². The van der Waals surface area contributed by atoms with Gasteiger partial charge in [-0.1, -0.05) is 11.6 Å². The molecule has 0 unspecified atom stereocenters. The predicted molar refractivity (Wildman–Crippen MR) is 96.4 cm³/mol. The fourth-order valence-corrected chi connectivity index (χ4v) is 2.25. The van der Waals surface area contributed by atoms with Crippen molar-refractivity contribution >= 4 is 23.4 Å². The predicted octanol–water partition coefficient (Wildman–Crippen LogP) is 3.55. The molecule has 0 aliphatic rings. The van der Waals surface area contributed by atoms with Gasteiger partial charge in [0.05, 0.1) is 19.8 Å². The van der Waals surface area contributed by atoms with Crippen LogP contribution in [0.25, 0.3) is 0 Å². The van der Waals surface area contributed by atoms with Gasteiger partial charge in [-0.05, 0) is 43.3 Å². The lowest BCUT2D eigenvalue weighted by Gasteiger charge is -2.14. The van der Waals surface area contributed by atoms with Gasteiger partial charge in [0.1, 0.15) is 17.2 Å². The number of hydrogen-bond donors (Lipinski definition) is 0. The highest BCUT2D eigenvalue weighted by Crippen LogP contribution is 2.25. The van der Waals surface area contributed by atoms with Gasteiger partial charge in [0.15, 0.2) is 12.7 Å². The van der Waals surface area contributed by atoms with E-state index < -0.39 is 24.5 Å². The summed E-state index contributed by atoms with van der Waals surface area (Å²) < 4.78 is 20.8. The molecule has 0 heterocycles. The van der Waals surface area contributed by atoms with E-state index in [2.05, 4.69) is 0 Å². The normalized spacial score (nSPS) is 11.4. The number of hydrogen-bond acceptors (Lipinski definition) is 6. The van der Waals surface area contributed by atoms with E-state index in [4.69, 9.17) is 30.5 Å². The lowest BCUT2D eigenvalue weighted by Crippen LogP contribution is -2.28. The van der Waals surface area contributed by atoms with Crippen LogP contribution in [-0.2, 0) is 9.53 Å². The van der Waals surface area contributed by atoms with Crippen molar-refractivity contribution in [2.45, 2.75) is 13.0 Å². The second-order valence-electron chi connectivity index (χ2n) is 5.31. The van der Waals surface area contributed by atoms with Crippen LogP contribution in [0.4, 0.5) is 0 Å². The van der Waals surface area contributed by atoms with Crippen LogP contribution < -0.4 is 14.2 Å². The molecule has 2 rings (SSSR count). The third-order valence-corrected chi connectivity index (χ3v) is 3.77. The smallest absolute Gasteiger partial charge is 0.347 e. The van der Waals surface area contributed by atoms with Crippen molar-refractivity contribution in [3.8, 4) is 17.2 Å².